The van der Waals surface area contributed by atoms with Crippen molar-refractivity contribution in [1.29, 1.82) is 0 Å². The van der Waals surface area contributed by atoms with Gasteiger partial charge in [-0.25, -0.2) is 8.78 Å². The van der Waals surface area contributed by atoms with E-state index in [1.54, 1.807) is 19.1 Å². The first-order chi connectivity index (χ1) is 6.57. The molecule has 0 heterocycles. The fourth-order valence-corrected chi connectivity index (χ4v) is 1.43. The molecule has 1 nitrogen and oxygen atoms in total. The molecule has 76 valence electrons. The van der Waals surface area contributed by atoms with Gasteiger partial charge < -0.3 is 5.73 Å². The van der Waals surface area contributed by atoms with Gasteiger partial charge >= 0.3 is 0 Å². The topological polar surface area (TPSA) is 26.0 Å². The molecule has 1 atom stereocenters. The van der Waals surface area contributed by atoms with Crippen LogP contribution < -0.4 is 5.73 Å². The fourth-order valence-electron chi connectivity index (χ4n) is 1.43. The molecule has 0 aliphatic carbocycles. The van der Waals surface area contributed by atoms with Gasteiger partial charge in [0, 0.05) is 17.2 Å². The van der Waals surface area contributed by atoms with Gasteiger partial charge in [0.15, 0.2) is 11.6 Å². The zero-order chi connectivity index (χ0) is 10.7. The predicted octanol–water partition coefficient (Wildman–Crippen LogP) is 3.23. The Morgan fingerprint density at radius 2 is 2.00 bits per heavy atom. The molecular formula is C11H13F2N. The number of nitrogens with two attached hydrogens (primary N) is 1. The molecule has 0 radical (unpaired) electrons. The van der Waals surface area contributed by atoms with Crippen molar-refractivity contribution in [2.24, 2.45) is 0 Å². The van der Waals surface area contributed by atoms with Gasteiger partial charge in [0.05, 0.1) is 0 Å². The predicted molar refractivity (Wildman–Crippen MR) is 54.0 cm³/mol. The van der Waals surface area contributed by atoms with Crippen LogP contribution in [-0.2, 0) is 0 Å². The number of hydrogen-bond acceptors (Lipinski definition) is 1. The Kier molecular flexibility index (Phi) is 3.23. The Morgan fingerprint density at radius 3 is 2.57 bits per heavy atom. The molecule has 1 aromatic carbocycles. The van der Waals surface area contributed by atoms with Crippen LogP contribution in [-0.4, -0.2) is 0 Å². The molecule has 0 aliphatic heterocycles. The smallest absolute Gasteiger partial charge is 0.164 e. The molecule has 3 heteroatoms. The second kappa shape index (κ2) is 4.22. The minimum absolute atomic E-state index is 0.212. The maximum absolute atomic E-state index is 13.3. The maximum Gasteiger partial charge on any atom is 0.164 e. The van der Waals surface area contributed by atoms with Gasteiger partial charge in [-0.15, -0.1) is 0 Å². The fraction of sp³-hybridized carbons (Fsp3) is 0.273. The summed E-state index contributed by atoms with van der Waals surface area (Å²) in [6.07, 6.45) is 3.56. The van der Waals surface area contributed by atoms with Crippen molar-refractivity contribution in [3.05, 3.63) is 41.5 Å². The lowest BCUT2D eigenvalue weighted by Crippen LogP contribution is -2.03. The Morgan fingerprint density at radius 1 is 1.36 bits per heavy atom. The van der Waals surface area contributed by atoms with Crippen LogP contribution in [0.2, 0.25) is 0 Å². The Labute approximate surface area is 82.2 Å². The normalized spacial score (nSPS) is 13.4. The molecule has 1 unspecified atom stereocenters. The lowest BCUT2D eigenvalue weighted by Gasteiger charge is -2.11. The van der Waals surface area contributed by atoms with Crippen molar-refractivity contribution in [3.63, 3.8) is 0 Å². The van der Waals surface area contributed by atoms with Gasteiger partial charge in [0.2, 0.25) is 0 Å². The molecular weight excluding hydrogens is 184 g/mol. The highest BCUT2D eigenvalue weighted by molar-refractivity contribution is 5.50. The molecule has 0 amide bonds. The molecule has 2 N–H and O–H groups in total. The van der Waals surface area contributed by atoms with Crippen LogP contribution in [0.25, 0.3) is 0 Å². The Balaban J connectivity index is 3.24. The first-order valence-corrected chi connectivity index (χ1v) is 4.44. The van der Waals surface area contributed by atoms with E-state index in [1.165, 1.54) is 6.07 Å². The third-order valence-electron chi connectivity index (χ3n) is 2.10. The largest absolute Gasteiger partial charge is 0.398 e. The third kappa shape index (κ3) is 1.92. The highest BCUT2D eigenvalue weighted by Crippen LogP contribution is 2.27. The summed E-state index contributed by atoms with van der Waals surface area (Å²) in [6, 6.07) is 2.42. The van der Waals surface area contributed by atoms with E-state index < -0.39 is 11.6 Å². The van der Waals surface area contributed by atoms with E-state index in [1.807, 2.05) is 6.92 Å². The van der Waals surface area contributed by atoms with Gasteiger partial charge in [-0.05, 0) is 19.1 Å². The average Bonchev–Trinajstić information content (AvgIpc) is 2.13. The van der Waals surface area contributed by atoms with Crippen molar-refractivity contribution >= 4 is 5.69 Å². The van der Waals surface area contributed by atoms with Gasteiger partial charge in [-0.2, -0.15) is 0 Å². The highest BCUT2D eigenvalue weighted by Gasteiger charge is 2.15. The first kappa shape index (κ1) is 10.7. The van der Waals surface area contributed by atoms with E-state index in [-0.39, 0.29) is 17.2 Å². The van der Waals surface area contributed by atoms with Gasteiger partial charge in [-0.3, -0.25) is 0 Å². The third-order valence-corrected chi connectivity index (χ3v) is 2.10. The van der Waals surface area contributed by atoms with Gasteiger partial charge in [0.25, 0.3) is 0 Å². The van der Waals surface area contributed by atoms with E-state index in [2.05, 4.69) is 0 Å². The van der Waals surface area contributed by atoms with Crippen molar-refractivity contribution in [2.45, 2.75) is 19.8 Å². The summed E-state index contributed by atoms with van der Waals surface area (Å²) in [7, 11) is 0. The van der Waals surface area contributed by atoms with Crippen LogP contribution in [0.15, 0.2) is 24.3 Å². The standard InChI is InChI=1S/C11H13F2N/c1-3-4-7(2)10-9(14)6-5-8(12)11(10)13/h3-7H,14H2,1-2H3/b4-3+. The summed E-state index contributed by atoms with van der Waals surface area (Å²) < 4.78 is 26.3. The second-order valence-electron chi connectivity index (χ2n) is 3.18. The second-order valence-corrected chi connectivity index (χ2v) is 3.18. The number of halogens is 2. The van der Waals surface area contributed by atoms with Crippen LogP contribution >= 0.6 is 0 Å². The highest BCUT2D eigenvalue weighted by atomic mass is 19.2. The molecule has 0 saturated heterocycles. The first-order valence-electron chi connectivity index (χ1n) is 4.44. The molecule has 0 aromatic heterocycles. The van der Waals surface area contributed by atoms with E-state index in [4.69, 9.17) is 5.73 Å². The number of hydrogen-bond donors (Lipinski definition) is 1. The van der Waals surface area contributed by atoms with E-state index in [9.17, 15) is 8.78 Å². The molecule has 1 rings (SSSR count). The monoisotopic (exact) mass is 197 g/mol. The SMILES string of the molecule is C/C=C/C(C)c1c(N)ccc(F)c1F. The molecule has 0 fully saturated rings. The zero-order valence-corrected chi connectivity index (χ0v) is 8.22. The minimum atomic E-state index is -0.856. The average molecular weight is 197 g/mol. The molecule has 14 heavy (non-hydrogen) atoms. The van der Waals surface area contributed by atoms with E-state index >= 15 is 0 Å². The van der Waals surface area contributed by atoms with Crippen molar-refractivity contribution in [1.82, 2.24) is 0 Å². The van der Waals surface area contributed by atoms with Crippen LogP contribution in [0.4, 0.5) is 14.5 Å². The summed E-state index contributed by atoms with van der Waals surface area (Å²) in [5.74, 6) is -1.92. The summed E-state index contributed by atoms with van der Waals surface area (Å²) in [6.45, 7) is 3.60. The Bertz CT molecular complexity index is 359. The van der Waals surface area contributed by atoms with Crippen molar-refractivity contribution < 1.29 is 8.78 Å². The zero-order valence-electron chi connectivity index (χ0n) is 8.22. The lowest BCUT2D eigenvalue weighted by atomic mass is 9.98. The van der Waals surface area contributed by atoms with Gasteiger partial charge in [-0.1, -0.05) is 19.1 Å². The van der Waals surface area contributed by atoms with Gasteiger partial charge in [0.1, 0.15) is 0 Å². The molecule has 0 bridgehead atoms. The van der Waals surface area contributed by atoms with Crippen molar-refractivity contribution in [3.8, 4) is 0 Å². The lowest BCUT2D eigenvalue weighted by molar-refractivity contribution is 0.497. The quantitative estimate of drug-likeness (QED) is 0.571. The minimum Gasteiger partial charge on any atom is -0.398 e. The summed E-state index contributed by atoms with van der Waals surface area (Å²) in [4.78, 5) is 0. The van der Waals surface area contributed by atoms with Crippen LogP contribution in [0.3, 0.4) is 0 Å². The molecule has 1 aromatic rings. The van der Waals surface area contributed by atoms with Crippen LogP contribution in [0, 0.1) is 11.6 Å². The van der Waals surface area contributed by atoms with Crippen molar-refractivity contribution in [2.75, 3.05) is 5.73 Å². The number of benzene rings is 1. The maximum atomic E-state index is 13.3. The molecule has 0 spiro atoms. The number of anilines is 1. The van der Waals surface area contributed by atoms with Crippen LogP contribution in [0.1, 0.15) is 25.3 Å². The summed E-state index contributed by atoms with van der Waals surface area (Å²) in [5, 5.41) is 0. The van der Waals surface area contributed by atoms with E-state index in [0.29, 0.717) is 0 Å². The summed E-state index contributed by atoms with van der Waals surface area (Å²) in [5.41, 5.74) is 6.09. The number of allylic oxidation sites excluding steroid dienone is 2. The molecule has 0 saturated carbocycles. The van der Waals surface area contributed by atoms with E-state index in [0.717, 1.165) is 6.07 Å². The summed E-state index contributed by atoms with van der Waals surface area (Å²) >= 11 is 0. The van der Waals surface area contributed by atoms with Crippen LogP contribution in [0.5, 0.6) is 0 Å². The molecule has 0 aliphatic rings. The Hall–Kier alpha value is -1.38. The number of nitrogen functional groups attached to an aromatic ring is 1. The number of rotatable bonds is 2.